The molecule has 0 saturated heterocycles. The van der Waals surface area contributed by atoms with Crippen LogP contribution in [0.4, 0.5) is 0 Å². The summed E-state index contributed by atoms with van der Waals surface area (Å²) in [7, 11) is -1.79. The molecular weight excluding hydrogens is 376 g/mol. The summed E-state index contributed by atoms with van der Waals surface area (Å²) in [6.45, 7) is 2.32. The molecule has 0 aliphatic heterocycles. The maximum absolute atomic E-state index is 11.2. The van der Waals surface area contributed by atoms with Gasteiger partial charge in [-0.15, -0.1) is 10.2 Å². The molecule has 0 bridgehead atoms. The highest BCUT2D eigenvalue weighted by Gasteiger charge is 2.14. The van der Waals surface area contributed by atoms with E-state index in [1.165, 1.54) is 23.9 Å². The number of nitrogens with two attached hydrogens (primary N) is 1. The first-order chi connectivity index (χ1) is 12.4. The average Bonchev–Trinajstić information content (AvgIpc) is 3.17. The van der Waals surface area contributed by atoms with Crippen LogP contribution in [0.25, 0.3) is 11.4 Å². The average molecular weight is 394 g/mol. The molecule has 0 saturated carbocycles. The highest BCUT2D eigenvalue weighted by Crippen LogP contribution is 2.25. The first-order valence-corrected chi connectivity index (χ1v) is 10.2. The number of aryl methyl sites for hydroxylation is 1. The second-order valence-electron chi connectivity index (χ2n) is 5.47. The van der Waals surface area contributed by atoms with Crippen LogP contribution in [-0.4, -0.2) is 35.5 Å². The van der Waals surface area contributed by atoms with Gasteiger partial charge in [-0.2, -0.15) is 0 Å². The number of hydrogen-bond acceptors (Lipinski definition) is 7. The number of rotatable bonds is 7. The topological polar surface area (TPSA) is 113 Å². The first kappa shape index (κ1) is 18.5. The number of benzene rings is 1. The van der Waals surface area contributed by atoms with Crippen molar-refractivity contribution in [2.24, 2.45) is 12.2 Å². The predicted octanol–water partition coefficient (Wildman–Crippen LogP) is 2.20. The SMILES string of the molecule is Cc1occc1-c1nnc(SCCOc2ccc(S(N)(=O)=O)cc2)n1C. The maximum atomic E-state index is 11.2. The minimum Gasteiger partial charge on any atom is -0.493 e. The van der Waals surface area contributed by atoms with Crippen molar-refractivity contribution in [1.29, 1.82) is 0 Å². The lowest BCUT2D eigenvalue weighted by Gasteiger charge is -2.07. The normalized spacial score (nSPS) is 11.7. The molecule has 2 heterocycles. The number of hydrogen-bond donors (Lipinski definition) is 1. The van der Waals surface area contributed by atoms with Crippen LogP contribution in [0.1, 0.15) is 5.76 Å². The highest BCUT2D eigenvalue weighted by atomic mass is 32.2. The Morgan fingerprint density at radius 3 is 2.58 bits per heavy atom. The van der Waals surface area contributed by atoms with Crippen molar-refractivity contribution < 1.29 is 17.6 Å². The van der Waals surface area contributed by atoms with Crippen LogP contribution in [0.2, 0.25) is 0 Å². The number of sulfonamides is 1. The van der Waals surface area contributed by atoms with Crippen molar-refractivity contribution in [1.82, 2.24) is 14.8 Å². The molecule has 0 aliphatic carbocycles. The minimum atomic E-state index is -3.69. The zero-order chi connectivity index (χ0) is 18.7. The molecule has 10 heteroatoms. The van der Waals surface area contributed by atoms with Crippen LogP contribution in [0.15, 0.2) is 51.1 Å². The van der Waals surface area contributed by atoms with Crippen LogP contribution in [-0.2, 0) is 17.1 Å². The molecule has 0 spiro atoms. The van der Waals surface area contributed by atoms with Crippen molar-refractivity contribution in [2.75, 3.05) is 12.4 Å². The van der Waals surface area contributed by atoms with E-state index in [9.17, 15) is 8.42 Å². The Labute approximate surface area is 155 Å². The van der Waals surface area contributed by atoms with E-state index in [1.54, 1.807) is 18.4 Å². The third-order valence-corrected chi connectivity index (χ3v) is 5.58. The summed E-state index contributed by atoms with van der Waals surface area (Å²) in [5.41, 5.74) is 0.915. The number of primary sulfonamides is 1. The van der Waals surface area contributed by atoms with E-state index >= 15 is 0 Å². The third-order valence-electron chi connectivity index (χ3n) is 3.67. The molecule has 26 heavy (non-hydrogen) atoms. The lowest BCUT2D eigenvalue weighted by molar-refractivity contribution is 0.343. The molecule has 1 aromatic carbocycles. The van der Waals surface area contributed by atoms with Crippen LogP contribution in [0.5, 0.6) is 5.75 Å². The second-order valence-corrected chi connectivity index (χ2v) is 8.09. The van der Waals surface area contributed by atoms with Gasteiger partial charge in [-0.3, -0.25) is 0 Å². The highest BCUT2D eigenvalue weighted by molar-refractivity contribution is 7.99. The van der Waals surface area contributed by atoms with Gasteiger partial charge in [0.1, 0.15) is 11.5 Å². The summed E-state index contributed by atoms with van der Waals surface area (Å²) < 4.78 is 35.2. The van der Waals surface area contributed by atoms with Crippen molar-refractivity contribution in [3.63, 3.8) is 0 Å². The van der Waals surface area contributed by atoms with E-state index in [4.69, 9.17) is 14.3 Å². The van der Waals surface area contributed by atoms with Gasteiger partial charge in [0.2, 0.25) is 10.0 Å². The second kappa shape index (κ2) is 7.52. The van der Waals surface area contributed by atoms with Gasteiger partial charge >= 0.3 is 0 Å². The Bertz CT molecular complexity index is 994. The van der Waals surface area contributed by atoms with Gasteiger partial charge in [-0.25, -0.2) is 13.6 Å². The summed E-state index contributed by atoms with van der Waals surface area (Å²) >= 11 is 1.52. The van der Waals surface area contributed by atoms with E-state index in [1.807, 2.05) is 24.6 Å². The number of thioether (sulfide) groups is 1. The van der Waals surface area contributed by atoms with Gasteiger partial charge in [-0.1, -0.05) is 11.8 Å². The minimum absolute atomic E-state index is 0.0559. The van der Waals surface area contributed by atoms with E-state index < -0.39 is 10.0 Å². The zero-order valence-electron chi connectivity index (χ0n) is 14.2. The van der Waals surface area contributed by atoms with Crippen molar-refractivity contribution in [3.8, 4) is 17.1 Å². The number of furan rings is 1. The molecule has 0 aliphatic rings. The lowest BCUT2D eigenvalue weighted by atomic mass is 10.2. The van der Waals surface area contributed by atoms with Crippen molar-refractivity contribution in [2.45, 2.75) is 17.0 Å². The fourth-order valence-corrected chi connectivity index (χ4v) is 3.55. The Balaban J connectivity index is 1.54. The predicted molar refractivity (Wildman–Crippen MR) is 97.5 cm³/mol. The number of ether oxygens (including phenoxy) is 1. The van der Waals surface area contributed by atoms with Crippen LogP contribution >= 0.6 is 11.8 Å². The summed E-state index contributed by atoms with van der Waals surface area (Å²) in [5, 5.41) is 14.2. The quantitative estimate of drug-likeness (QED) is 0.483. The summed E-state index contributed by atoms with van der Waals surface area (Å²) in [6.07, 6.45) is 1.63. The molecular formula is C16H18N4O4S2. The molecule has 0 atom stereocenters. The summed E-state index contributed by atoms with van der Waals surface area (Å²) in [4.78, 5) is 0.0559. The van der Waals surface area contributed by atoms with Crippen LogP contribution in [0, 0.1) is 6.92 Å². The van der Waals surface area contributed by atoms with Gasteiger partial charge in [0.15, 0.2) is 11.0 Å². The van der Waals surface area contributed by atoms with E-state index in [0.29, 0.717) is 18.1 Å². The molecule has 2 aromatic heterocycles. The fourth-order valence-electron chi connectivity index (χ4n) is 2.31. The molecule has 2 N–H and O–H groups in total. The van der Waals surface area contributed by atoms with Crippen molar-refractivity contribution >= 4 is 21.8 Å². The Morgan fingerprint density at radius 1 is 1.23 bits per heavy atom. The first-order valence-electron chi connectivity index (χ1n) is 7.68. The van der Waals surface area contributed by atoms with Gasteiger partial charge in [-0.05, 0) is 37.3 Å². The standard InChI is InChI=1S/C16H18N4O4S2/c1-11-14(7-8-23-11)15-18-19-16(20(15)2)25-10-9-24-12-3-5-13(6-4-12)26(17,21)22/h3-8H,9-10H2,1-2H3,(H2,17,21,22). The lowest BCUT2D eigenvalue weighted by Crippen LogP contribution is -2.11. The fraction of sp³-hybridized carbons (Fsp3) is 0.250. The number of aromatic nitrogens is 3. The molecule has 0 fully saturated rings. The third kappa shape index (κ3) is 4.09. The summed E-state index contributed by atoms with van der Waals surface area (Å²) in [5.74, 6) is 2.78. The molecule has 3 aromatic rings. The molecule has 0 unspecified atom stereocenters. The Kier molecular flexibility index (Phi) is 5.35. The van der Waals surface area contributed by atoms with Gasteiger partial charge in [0.05, 0.1) is 23.3 Å². The van der Waals surface area contributed by atoms with Gasteiger partial charge in [0, 0.05) is 12.8 Å². The molecule has 3 rings (SSSR count). The monoisotopic (exact) mass is 394 g/mol. The van der Waals surface area contributed by atoms with Gasteiger partial charge in [0.25, 0.3) is 0 Å². The summed E-state index contributed by atoms with van der Waals surface area (Å²) in [6, 6.07) is 7.85. The van der Waals surface area contributed by atoms with Crippen LogP contribution in [0.3, 0.4) is 0 Å². The van der Waals surface area contributed by atoms with Crippen molar-refractivity contribution in [3.05, 3.63) is 42.4 Å². The van der Waals surface area contributed by atoms with E-state index in [2.05, 4.69) is 10.2 Å². The Hall–Kier alpha value is -2.30. The van der Waals surface area contributed by atoms with Crippen LogP contribution < -0.4 is 9.88 Å². The molecule has 0 radical (unpaired) electrons. The zero-order valence-corrected chi connectivity index (χ0v) is 15.9. The van der Waals surface area contributed by atoms with E-state index in [0.717, 1.165) is 22.3 Å². The maximum Gasteiger partial charge on any atom is 0.238 e. The molecule has 8 nitrogen and oxygen atoms in total. The smallest absolute Gasteiger partial charge is 0.238 e. The molecule has 138 valence electrons. The van der Waals surface area contributed by atoms with Gasteiger partial charge < -0.3 is 13.7 Å². The molecule has 0 amide bonds. The van der Waals surface area contributed by atoms with E-state index in [-0.39, 0.29) is 4.90 Å². The largest absolute Gasteiger partial charge is 0.493 e. The Morgan fingerprint density at radius 2 is 1.96 bits per heavy atom. The number of nitrogens with zero attached hydrogens (tertiary/aromatic N) is 3.